The molecule has 0 aliphatic rings. The summed E-state index contributed by atoms with van der Waals surface area (Å²) in [5.41, 5.74) is 3.35. The van der Waals surface area contributed by atoms with Gasteiger partial charge in [-0.2, -0.15) is 0 Å². The predicted molar refractivity (Wildman–Crippen MR) is 99.1 cm³/mol. The summed E-state index contributed by atoms with van der Waals surface area (Å²) in [5, 5.41) is 0. The smallest absolute Gasteiger partial charge is 0.123 e. The molecule has 0 aliphatic carbocycles. The van der Waals surface area contributed by atoms with Gasteiger partial charge < -0.3 is 9.64 Å². The van der Waals surface area contributed by atoms with Crippen LogP contribution in [0.2, 0.25) is 0 Å². The molecule has 0 fully saturated rings. The number of halogens is 1. The summed E-state index contributed by atoms with van der Waals surface area (Å²) in [5.74, 6) is 0.626. The molecule has 124 valence electrons. The van der Waals surface area contributed by atoms with Crippen LogP contribution in [0.3, 0.4) is 0 Å². The number of methoxy groups -OCH3 is 1. The molecule has 2 nitrogen and oxygen atoms in total. The molecule has 2 aromatic carbocycles. The lowest BCUT2D eigenvalue weighted by atomic mass is 10.0. The van der Waals surface area contributed by atoms with Crippen molar-refractivity contribution in [2.75, 3.05) is 21.2 Å². The molecule has 4 heteroatoms. The molecule has 0 atom stereocenters. The fraction of sp³-hybridized carbons (Fsp3) is 0.200. The van der Waals surface area contributed by atoms with Crippen molar-refractivity contribution in [1.29, 1.82) is 0 Å². The fourth-order valence-electron chi connectivity index (χ4n) is 2.63. The van der Waals surface area contributed by atoms with Crippen molar-refractivity contribution >= 4 is 11.3 Å². The van der Waals surface area contributed by atoms with Crippen LogP contribution < -0.4 is 4.74 Å². The van der Waals surface area contributed by atoms with Crippen molar-refractivity contribution in [3.63, 3.8) is 0 Å². The van der Waals surface area contributed by atoms with Gasteiger partial charge in [0.15, 0.2) is 0 Å². The molecule has 0 radical (unpaired) electrons. The Hall–Kier alpha value is -2.17. The molecular weight excluding hydrogens is 321 g/mol. The molecule has 0 saturated carbocycles. The van der Waals surface area contributed by atoms with Crippen molar-refractivity contribution < 1.29 is 9.13 Å². The van der Waals surface area contributed by atoms with E-state index in [0.717, 1.165) is 28.3 Å². The van der Waals surface area contributed by atoms with Gasteiger partial charge in [0.25, 0.3) is 0 Å². The van der Waals surface area contributed by atoms with Gasteiger partial charge in [0, 0.05) is 21.9 Å². The first-order chi connectivity index (χ1) is 11.6. The summed E-state index contributed by atoms with van der Waals surface area (Å²) in [6, 6.07) is 17.0. The highest BCUT2D eigenvalue weighted by Crippen LogP contribution is 2.40. The second-order valence-corrected chi connectivity index (χ2v) is 7.07. The maximum Gasteiger partial charge on any atom is 0.123 e. The molecule has 3 aromatic rings. The summed E-state index contributed by atoms with van der Waals surface area (Å²) in [6.07, 6.45) is 0. The van der Waals surface area contributed by atoms with Gasteiger partial charge in [-0.25, -0.2) is 4.39 Å². The normalized spacial score (nSPS) is 11.0. The lowest BCUT2D eigenvalue weighted by Crippen LogP contribution is -2.09. The van der Waals surface area contributed by atoms with Crippen molar-refractivity contribution in [2.45, 2.75) is 6.54 Å². The first-order valence-corrected chi connectivity index (χ1v) is 8.56. The number of hydrogen-bond donors (Lipinski definition) is 0. The molecular formula is C20H20FNOS. The van der Waals surface area contributed by atoms with Crippen molar-refractivity contribution in [3.05, 3.63) is 65.3 Å². The average molecular weight is 341 g/mol. The molecule has 0 spiro atoms. The van der Waals surface area contributed by atoms with Crippen LogP contribution in [0.4, 0.5) is 4.39 Å². The molecule has 0 saturated heterocycles. The number of rotatable bonds is 5. The summed E-state index contributed by atoms with van der Waals surface area (Å²) in [7, 11) is 5.79. The molecule has 0 amide bonds. The SMILES string of the molecule is COc1ccc(-c2cc(CN(C)C)sc2-c2ccc(F)cc2)cc1. The largest absolute Gasteiger partial charge is 0.497 e. The van der Waals surface area contributed by atoms with Gasteiger partial charge in [0.2, 0.25) is 0 Å². The van der Waals surface area contributed by atoms with Crippen LogP contribution in [-0.4, -0.2) is 26.1 Å². The molecule has 24 heavy (non-hydrogen) atoms. The Morgan fingerprint density at radius 2 is 1.58 bits per heavy atom. The van der Waals surface area contributed by atoms with E-state index in [2.05, 4.69) is 37.2 Å². The number of thiophene rings is 1. The third-order valence-electron chi connectivity index (χ3n) is 3.76. The Bertz CT molecular complexity index is 807. The maximum atomic E-state index is 13.3. The van der Waals surface area contributed by atoms with Crippen LogP contribution in [0.25, 0.3) is 21.6 Å². The summed E-state index contributed by atoms with van der Waals surface area (Å²) in [6.45, 7) is 0.884. The fourth-order valence-corrected chi connectivity index (χ4v) is 3.93. The van der Waals surface area contributed by atoms with E-state index in [0.29, 0.717) is 0 Å². The standard InChI is InChI=1S/C20H20FNOS/c1-22(2)13-18-12-19(14-6-10-17(23-3)11-7-14)20(24-18)15-4-8-16(21)9-5-15/h4-12H,13H2,1-3H3. The van der Waals surface area contributed by atoms with Gasteiger partial charge in [-0.1, -0.05) is 24.3 Å². The van der Waals surface area contributed by atoms with E-state index in [9.17, 15) is 4.39 Å². The van der Waals surface area contributed by atoms with Crippen LogP contribution in [0, 0.1) is 5.82 Å². The monoisotopic (exact) mass is 341 g/mol. The highest BCUT2D eigenvalue weighted by Gasteiger charge is 2.14. The number of benzene rings is 2. The van der Waals surface area contributed by atoms with Crippen molar-refractivity contribution in [3.8, 4) is 27.3 Å². The molecule has 0 aliphatic heterocycles. The highest BCUT2D eigenvalue weighted by atomic mass is 32.1. The number of nitrogens with zero attached hydrogens (tertiary/aromatic N) is 1. The molecule has 1 aromatic heterocycles. The van der Waals surface area contributed by atoms with Crippen LogP contribution in [0.5, 0.6) is 5.75 Å². The Balaban J connectivity index is 2.07. The average Bonchev–Trinajstić information content (AvgIpc) is 2.98. The zero-order valence-corrected chi connectivity index (χ0v) is 14.9. The van der Waals surface area contributed by atoms with E-state index in [1.54, 1.807) is 18.4 Å². The second kappa shape index (κ2) is 7.16. The molecule has 0 unspecified atom stereocenters. The summed E-state index contributed by atoms with van der Waals surface area (Å²) >= 11 is 1.76. The number of hydrogen-bond acceptors (Lipinski definition) is 3. The predicted octanol–water partition coefficient (Wildman–Crippen LogP) is 5.29. The zero-order valence-electron chi connectivity index (χ0n) is 14.0. The molecule has 0 N–H and O–H groups in total. The van der Waals surface area contributed by atoms with Crippen molar-refractivity contribution in [1.82, 2.24) is 4.90 Å². The van der Waals surface area contributed by atoms with Gasteiger partial charge in [-0.3, -0.25) is 0 Å². The lowest BCUT2D eigenvalue weighted by molar-refractivity contribution is 0.406. The Morgan fingerprint density at radius 3 is 2.17 bits per heavy atom. The van der Waals surface area contributed by atoms with E-state index in [4.69, 9.17) is 4.74 Å². The van der Waals surface area contributed by atoms with Crippen LogP contribution in [-0.2, 0) is 6.54 Å². The van der Waals surface area contributed by atoms with Crippen LogP contribution in [0.1, 0.15) is 4.88 Å². The van der Waals surface area contributed by atoms with E-state index in [1.807, 2.05) is 24.3 Å². The number of ether oxygens (including phenoxy) is 1. The second-order valence-electron chi connectivity index (χ2n) is 5.93. The Morgan fingerprint density at radius 1 is 0.958 bits per heavy atom. The van der Waals surface area contributed by atoms with Gasteiger partial charge in [0.1, 0.15) is 11.6 Å². The summed E-state index contributed by atoms with van der Waals surface area (Å²) in [4.78, 5) is 4.60. The lowest BCUT2D eigenvalue weighted by Gasteiger charge is -2.06. The molecule has 1 heterocycles. The van der Waals surface area contributed by atoms with Gasteiger partial charge in [-0.15, -0.1) is 11.3 Å². The molecule has 0 bridgehead atoms. The first kappa shape index (κ1) is 16.7. The maximum absolute atomic E-state index is 13.3. The van der Waals surface area contributed by atoms with Gasteiger partial charge >= 0.3 is 0 Å². The van der Waals surface area contributed by atoms with E-state index < -0.39 is 0 Å². The Kier molecular flexibility index (Phi) is 4.97. The van der Waals surface area contributed by atoms with Crippen LogP contribution in [0.15, 0.2) is 54.6 Å². The minimum absolute atomic E-state index is 0.213. The minimum Gasteiger partial charge on any atom is -0.497 e. The van der Waals surface area contributed by atoms with Gasteiger partial charge in [0.05, 0.1) is 7.11 Å². The van der Waals surface area contributed by atoms with E-state index in [-0.39, 0.29) is 5.82 Å². The van der Waals surface area contributed by atoms with Crippen LogP contribution >= 0.6 is 11.3 Å². The molecule has 3 rings (SSSR count). The zero-order chi connectivity index (χ0) is 17.1. The van der Waals surface area contributed by atoms with E-state index in [1.165, 1.54) is 22.6 Å². The third kappa shape index (κ3) is 3.66. The summed E-state index contributed by atoms with van der Waals surface area (Å²) < 4.78 is 18.5. The third-order valence-corrected chi connectivity index (χ3v) is 4.93. The quantitative estimate of drug-likeness (QED) is 0.625. The first-order valence-electron chi connectivity index (χ1n) is 7.74. The van der Waals surface area contributed by atoms with E-state index >= 15 is 0 Å². The highest BCUT2D eigenvalue weighted by molar-refractivity contribution is 7.16. The topological polar surface area (TPSA) is 12.5 Å². The minimum atomic E-state index is -0.213. The van der Waals surface area contributed by atoms with Crippen molar-refractivity contribution in [2.24, 2.45) is 0 Å². The Labute approximate surface area is 146 Å². The van der Waals surface area contributed by atoms with Gasteiger partial charge in [-0.05, 0) is 55.6 Å².